The highest BCUT2D eigenvalue weighted by atomic mass is 14.2. The van der Waals surface area contributed by atoms with E-state index in [1.165, 1.54) is 33.4 Å². The first-order chi connectivity index (χ1) is 8.25. The average molecular weight is 219 g/mol. The predicted molar refractivity (Wildman–Crippen MR) is 73.6 cm³/mol. The quantitative estimate of drug-likeness (QED) is 0.666. The molecular formula is C17H15. The van der Waals surface area contributed by atoms with Crippen LogP contribution in [0.3, 0.4) is 0 Å². The van der Waals surface area contributed by atoms with E-state index in [0.717, 1.165) is 0 Å². The fourth-order valence-corrected chi connectivity index (χ4v) is 2.56. The maximum atomic E-state index is 2.28. The summed E-state index contributed by atoms with van der Waals surface area (Å²) in [4.78, 5) is 0. The Bertz CT molecular complexity index is 583. The molecule has 1 radical (unpaired) electrons. The van der Waals surface area contributed by atoms with Crippen molar-refractivity contribution in [2.75, 3.05) is 0 Å². The van der Waals surface area contributed by atoms with E-state index in [1.54, 1.807) is 0 Å². The highest BCUT2D eigenvalue weighted by Gasteiger charge is 2.16. The molecule has 0 heterocycles. The molecule has 0 nitrogen and oxygen atoms in total. The minimum atomic E-state index is 1.32. The minimum Gasteiger partial charge on any atom is -0.0619 e. The van der Waals surface area contributed by atoms with Crippen LogP contribution in [0.15, 0.2) is 42.5 Å². The van der Waals surface area contributed by atoms with Crippen LogP contribution in [0.25, 0.3) is 11.6 Å². The zero-order chi connectivity index (χ0) is 11.8. The molecular weight excluding hydrogens is 204 g/mol. The van der Waals surface area contributed by atoms with Crippen LogP contribution >= 0.6 is 0 Å². The summed E-state index contributed by atoms with van der Waals surface area (Å²) in [6.07, 6.45) is 4.56. The van der Waals surface area contributed by atoms with E-state index < -0.39 is 0 Å². The van der Waals surface area contributed by atoms with Crippen molar-refractivity contribution in [2.45, 2.75) is 13.8 Å². The zero-order valence-electron chi connectivity index (χ0n) is 10.2. The molecule has 1 aliphatic rings. The second kappa shape index (κ2) is 3.89. The van der Waals surface area contributed by atoms with E-state index in [-0.39, 0.29) is 0 Å². The van der Waals surface area contributed by atoms with Gasteiger partial charge in [-0.1, -0.05) is 48.5 Å². The first-order valence-corrected chi connectivity index (χ1v) is 5.98. The molecule has 1 aliphatic carbocycles. The topological polar surface area (TPSA) is 0 Å². The second-order valence-electron chi connectivity index (χ2n) is 4.64. The van der Waals surface area contributed by atoms with E-state index in [0.29, 0.717) is 0 Å². The molecule has 0 bridgehead atoms. The summed E-state index contributed by atoms with van der Waals surface area (Å²) < 4.78 is 0. The Kier molecular flexibility index (Phi) is 2.36. The van der Waals surface area contributed by atoms with Gasteiger partial charge in [-0.05, 0) is 47.2 Å². The van der Waals surface area contributed by atoms with Gasteiger partial charge in [0.25, 0.3) is 0 Å². The third-order valence-corrected chi connectivity index (χ3v) is 3.39. The Labute approximate surface area is 103 Å². The number of hydrogen-bond acceptors (Lipinski definition) is 0. The highest BCUT2D eigenvalue weighted by Crippen LogP contribution is 2.35. The van der Waals surface area contributed by atoms with Crippen LogP contribution in [0.4, 0.5) is 0 Å². The molecule has 17 heavy (non-hydrogen) atoms. The van der Waals surface area contributed by atoms with Gasteiger partial charge in [0.1, 0.15) is 0 Å². The van der Waals surface area contributed by atoms with Crippen molar-refractivity contribution in [3.05, 3.63) is 76.7 Å². The Balaban J connectivity index is 2.10. The van der Waals surface area contributed by atoms with Crippen molar-refractivity contribution >= 4 is 11.6 Å². The molecule has 0 N–H and O–H groups in total. The number of fused-ring (bicyclic) bond motifs is 1. The number of rotatable bonds is 1. The fraction of sp³-hybridized carbons (Fsp3) is 0.118. The van der Waals surface area contributed by atoms with Crippen LogP contribution in [0.2, 0.25) is 0 Å². The molecule has 0 unspecified atom stereocenters. The average Bonchev–Trinajstić information content (AvgIpc) is 2.71. The standard InChI is InChI=1S/C17H15/c1-12-6-5-7-13(2)17(12)16-10-14-8-3-4-9-15(14)11-16/h3-11H,1-2H3. The van der Waals surface area contributed by atoms with Crippen LogP contribution in [-0.2, 0) is 0 Å². The molecule has 83 valence electrons. The van der Waals surface area contributed by atoms with Crippen molar-refractivity contribution in [3.8, 4) is 0 Å². The summed E-state index contributed by atoms with van der Waals surface area (Å²) in [5.74, 6) is 0. The van der Waals surface area contributed by atoms with E-state index in [4.69, 9.17) is 0 Å². The normalized spacial score (nSPS) is 13.4. The summed E-state index contributed by atoms with van der Waals surface area (Å²) in [5.41, 5.74) is 8.06. The summed E-state index contributed by atoms with van der Waals surface area (Å²) >= 11 is 0. The van der Waals surface area contributed by atoms with Crippen molar-refractivity contribution in [1.82, 2.24) is 0 Å². The van der Waals surface area contributed by atoms with Crippen molar-refractivity contribution < 1.29 is 0 Å². The fourth-order valence-electron chi connectivity index (χ4n) is 2.56. The summed E-state index contributed by atoms with van der Waals surface area (Å²) in [5, 5.41) is 0. The van der Waals surface area contributed by atoms with Crippen molar-refractivity contribution in [1.29, 1.82) is 0 Å². The monoisotopic (exact) mass is 219 g/mol. The Morgan fingerprint density at radius 1 is 0.706 bits per heavy atom. The van der Waals surface area contributed by atoms with Crippen LogP contribution in [-0.4, -0.2) is 0 Å². The number of benzene rings is 2. The molecule has 0 aromatic heterocycles. The molecule has 0 saturated heterocycles. The summed E-state index contributed by atoms with van der Waals surface area (Å²) in [7, 11) is 0. The lowest BCUT2D eigenvalue weighted by Gasteiger charge is -2.10. The molecule has 2 aromatic carbocycles. The SMILES string of the molecule is Cc1cccc(C)c1C1=Cc2ccccc2[CH]1. The Morgan fingerprint density at radius 2 is 1.35 bits per heavy atom. The third-order valence-electron chi connectivity index (χ3n) is 3.39. The lowest BCUT2D eigenvalue weighted by molar-refractivity contribution is 1.34. The molecule has 0 spiro atoms. The van der Waals surface area contributed by atoms with Gasteiger partial charge in [0.2, 0.25) is 0 Å². The Hall–Kier alpha value is -1.82. The minimum absolute atomic E-state index is 1.32. The summed E-state index contributed by atoms with van der Waals surface area (Å²) in [6.45, 7) is 4.36. The van der Waals surface area contributed by atoms with Crippen molar-refractivity contribution in [2.24, 2.45) is 0 Å². The number of aryl methyl sites for hydroxylation is 2. The second-order valence-corrected chi connectivity index (χ2v) is 4.64. The first-order valence-electron chi connectivity index (χ1n) is 5.98. The van der Waals surface area contributed by atoms with Crippen LogP contribution in [0, 0.1) is 20.3 Å². The molecule has 0 amide bonds. The maximum absolute atomic E-state index is 2.28. The van der Waals surface area contributed by atoms with Crippen LogP contribution < -0.4 is 0 Å². The summed E-state index contributed by atoms with van der Waals surface area (Å²) in [6, 6.07) is 15.0. The first kappa shape index (κ1) is 10.3. The van der Waals surface area contributed by atoms with Crippen LogP contribution in [0.5, 0.6) is 0 Å². The molecule has 0 heteroatoms. The molecule has 2 aromatic rings. The van der Waals surface area contributed by atoms with Gasteiger partial charge in [-0.3, -0.25) is 0 Å². The largest absolute Gasteiger partial charge is 0.0619 e. The van der Waals surface area contributed by atoms with E-state index in [2.05, 4.69) is 68.8 Å². The zero-order valence-corrected chi connectivity index (χ0v) is 10.2. The van der Waals surface area contributed by atoms with Gasteiger partial charge in [0.15, 0.2) is 0 Å². The van der Waals surface area contributed by atoms with Gasteiger partial charge >= 0.3 is 0 Å². The lowest BCUT2D eigenvalue weighted by Crippen LogP contribution is -1.91. The van der Waals surface area contributed by atoms with Gasteiger partial charge < -0.3 is 0 Å². The number of hydrogen-bond donors (Lipinski definition) is 0. The van der Waals surface area contributed by atoms with E-state index in [1.807, 2.05) is 0 Å². The lowest BCUT2D eigenvalue weighted by atomic mass is 9.94. The number of allylic oxidation sites excluding steroid dienone is 1. The Morgan fingerprint density at radius 3 is 2.00 bits per heavy atom. The smallest absolute Gasteiger partial charge is 0.0211 e. The van der Waals surface area contributed by atoms with Gasteiger partial charge in [-0.25, -0.2) is 0 Å². The molecule has 0 saturated carbocycles. The van der Waals surface area contributed by atoms with Gasteiger partial charge in [0, 0.05) is 6.42 Å². The molecule has 3 rings (SSSR count). The van der Waals surface area contributed by atoms with Gasteiger partial charge in [-0.15, -0.1) is 0 Å². The van der Waals surface area contributed by atoms with E-state index >= 15 is 0 Å². The van der Waals surface area contributed by atoms with Gasteiger partial charge in [0.05, 0.1) is 0 Å². The van der Waals surface area contributed by atoms with Gasteiger partial charge in [-0.2, -0.15) is 0 Å². The van der Waals surface area contributed by atoms with Crippen LogP contribution in [0.1, 0.15) is 27.8 Å². The third kappa shape index (κ3) is 1.70. The molecule has 0 atom stereocenters. The maximum Gasteiger partial charge on any atom is 0.0211 e. The van der Waals surface area contributed by atoms with E-state index in [9.17, 15) is 0 Å². The predicted octanol–water partition coefficient (Wildman–Crippen LogP) is 4.41. The van der Waals surface area contributed by atoms with Crippen molar-refractivity contribution in [3.63, 3.8) is 0 Å². The molecule has 0 aliphatic heterocycles. The highest BCUT2D eigenvalue weighted by molar-refractivity contribution is 5.96. The molecule has 0 fully saturated rings.